The van der Waals surface area contributed by atoms with Crippen molar-refractivity contribution in [3.8, 4) is 0 Å². The summed E-state index contributed by atoms with van der Waals surface area (Å²) in [6.45, 7) is 0.338. The Bertz CT molecular complexity index is 637. The van der Waals surface area contributed by atoms with Crippen LogP contribution in [0.2, 0.25) is 0 Å². The first-order valence-electron chi connectivity index (χ1n) is 4.85. The van der Waals surface area contributed by atoms with Crippen molar-refractivity contribution in [3.63, 3.8) is 0 Å². The number of nitrogens with zero attached hydrogens (tertiary/aromatic N) is 3. The molecule has 0 saturated heterocycles. The Morgan fingerprint density at radius 1 is 1.39 bits per heavy atom. The van der Waals surface area contributed by atoms with Gasteiger partial charge in [-0.2, -0.15) is 5.21 Å². The maximum atomic E-state index is 11.2. The highest BCUT2D eigenvalue weighted by atomic mass is 32.2. The summed E-state index contributed by atoms with van der Waals surface area (Å²) >= 11 is 0. The second kappa shape index (κ2) is 4.58. The quantitative estimate of drug-likeness (QED) is 0.521. The van der Waals surface area contributed by atoms with Gasteiger partial charge in [0, 0.05) is 5.69 Å². The lowest BCUT2D eigenvalue weighted by molar-refractivity contribution is 0.598. The zero-order valence-corrected chi connectivity index (χ0v) is 9.98. The van der Waals surface area contributed by atoms with Crippen LogP contribution >= 0.6 is 0 Å². The molecule has 0 spiro atoms. The molecule has 0 bridgehead atoms. The molecule has 0 fully saturated rings. The minimum Gasteiger partial charge on any atom is -0.398 e. The molecule has 96 valence electrons. The van der Waals surface area contributed by atoms with Crippen molar-refractivity contribution in [1.82, 2.24) is 20.6 Å². The van der Waals surface area contributed by atoms with Crippen molar-refractivity contribution in [2.75, 3.05) is 11.1 Å². The summed E-state index contributed by atoms with van der Waals surface area (Å²) in [7, 11) is -3.80. The molecule has 0 radical (unpaired) electrons. The number of anilines is 2. The number of hydrogen-bond donors (Lipinski definition) is 4. The van der Waals surface area contributed by atoms with E-state index in [9.17, 15) is 8.42 Å². The van der Waals surface area contributed by atoms with E-state index in [1.807, 2.05) is 0 Å². The second-order valence-corrected chi connectivity index (χ2v) is 5.01. The molecule has 2 aromatic rings. The van der Waals surface area contributed by atoms with Gasteiger partial charge in [-0.15, -0.1) is 10.2 Å². The summed E-state index contributed by atoms with van der Waals surface area (Å²) in [6, 6.07) is 4.36. The summed E-state index contributed by atoms with van der Waals surface area (Å²) < 4.78 is 22.3. The van der Waals surface area contributed by atoms with Crippen molar-refractivity contribution < 1.29 is 8.42 Å². The molecule has 9 nitrogen and oxygen atoms in total. The normalized spacial score (nSPS) is 11.4. The Kier molecular flexibility index (Phi) is 3.12. The van der Waals surface area contributed by atoms with Crippen molar-refractivity contribution in [3.05, 3.63) is 24.0 Å². The molecule has 1 aromatic heterocycles. The molecule has 0 unspecified atom stereocenters. The van der Waals surface area contributed by atoms with Crippen LogP contribution in [0.25, 0.3) is 0 Å². The minimum absolute atomic E-state index is 0.0793. The van der Waals surface area contributed by atoms with Gasteiger partial charge >= 0.3 is 0 Å². The minimum atomic E-state index is -3.80. The van der Waals surface area contributed by atoms with Crippen LogP contribution in [0, 0.1) is 0 Å². The zero-order chi connectivity index (χ0) is 13.2. The lowest BCUT2D eigenvalue weighted by Crippen LogP contribution is -2.14. The van der Waals surface area contributed by atoms with Crippen molar-refractivity contribution in [1.29, 1.82) is 0 Å². The van der Waals surface area contributed by atoms with E-state index < -0.39 is 10.0 Å². The third-order valence-corrected chi connectivity index (χ3v) is 3.14. The molecule has 6 N–H and O–H groups in total. The monoisotopic (exact) mass is 269 g/mol. The van der Waals surface area contributed by atoms with Crippen LogP contribution in [-0.2, 0) is 16.6 Å². The second-order valence-electron chi connectivity index (χ2n) is 3.48. The van der Waals surface area contributed by atoms with E-state index >= 15 is 0 Å². The molecular weight excluding hydrogens is 258 g/mol. The first-order chi connectivity index (χ1) is 8.47. The van der Waals surface area contributed by atoms with Crippen LogP contribution in [0.5, 0.6) is 0 Å². The van der Waals surface area contributed by atoms with Gasteiger partial charge in [-0.1, -0.05) is 5.21 Å². The number of aromatic nitrogens is 4. The fourth-order valence-electron chi connectivity index (χ4n) is 1.36. The number of H-pyrrole nitrogens is 1. The highest BCUT2D eigenvalue weighted by Gasteiger charge is 2.12. The third-order valence-electron chi connectivity index (χ3n) is 2.16. The Hall–Kier alpha value is -2.20. The number of primary sulfonamides is 1. The standard InChI is InChI=1S/C8H11N7O2S/c9-6-3-5(1-2-7(6)18(10,16)17)11-4-8-12-14-15-13-8/h1-3,11H,4,9H2,(H2,10,16,17)(H,12,13,14,15). The van der Waals surface area contributed by atoms with Gasteiger partial charge < -0.3 is 11.1 Å². The van der Waals surface area contributed by atoms with E-state index in [4.69, 9.17) is 10.9 Å². The molecule has 0 aliphatic rings. The van der Waals surface area contributed by atoms with Crippen LogP contribution in [-0.4, -0.2) is 29.0 Å². The molecule has 0 aliphatic carbocycles. The number of nitrogens with two attached hydrogens (primary N) is 2. The molecule has 0 saturated carbocycles. The predicted molar refractivity (Wildman–Crippen MR) is 63.7 cm³/mol. The van der Waals surface area contributed by atoms with Crippen LogP contribution in [0.4, 0.5) is 11.4 Å². The van der Waals surface area contributed by atoms with Gasteiger partial charge in [0.1, 0.15) is 4.90 Å². The van der Waals surface area contributed by atoms with Gasteiger partial charge in [0.25, 0.3) is 0 Å². The summed E-state index contributed by atoms with van der Waals surface area (Å²) in [5.41, 5.74) is 6.32. The first-order valence-corrected chi connectivity index (χ1v) is 6.40. The van der Waals surface area contributed by atoms with E-state index in [0.717, 1.165) is 0 Å². The Morgan fingerprint density at radius 2 is 2.17 bits per heavy atom. The largest absolute Gasteiger partial charge is 0.398 e. The number of hydrogen-bond acceptors (Lipinski definition) is 7. The number of benzene rings is 1. The van der Waals surface area contributed by atoms with E-state index in [1.54, 1.807) is 6.07 Å². The summed E-state index contributed by atoms with van der Waals surface area (Å²) in [5, 5.41) is 21.2. The predicted octanol–water partition coefficient (Wildman–Crippen LogP) is -0.959. The smallest absolute Gasteiger partial charge is 0.240 e. The highest BCUT2D eigenvalue weighted by Crippen LogP contribution is 2.21. The number of nitrogen functional groups attached to an aromatic ring is 1. The number of tetrazole rings is 1. The molecule has 2 rings (SSSR count). The Morgan fingerprint density at radius 3 is 2.72 bits per heavy atom. The summed E-state index contributed by atoms with van der Waals surface area (Å²) in [5.74, 6) is 0.476. The van der Waals surface area contributed by atoms with Gasteiger partial charge in [-0.3, -0.25) is 0 Å². The number of rotatable bonds is 4. The SMILES string of the molecule is Nc1cc(NCc2nn[nH]n2)ccc1S(N)(=O)=O. The maximum absolute atomic E-state index is 11.2. The van der Waals surface area contributed by atoms with E-state index in [1.165, 1.54) is 12.1 Å². The highest BCUT2D eigenvalue weighted by molar-refractivity contribution is 7.89. The molecule has 0 atom stereocenters. The molecule has 18 heavy (non-hydrogen) atoms. The van der Waals surface area contributed by atoms with Crippen molar-refractivity contribution in [2.24, 2.45) is 5.14 Å². The van der Waals surface area contributed by atoms with Gasteiger partial charge in [0.2, 0.25) is 10.0 Å². The number of nitrogens with one attached hydrogen (secondary N) is 2. The van der Waals surface area contributed by atoms with Crippen LogP contribution in [0.15, 0.2) is 23.1 Å². The number of sulfonamides is 1. The maximum Gasteiger partial charge on any atom is 0.240 e. The van der Waals surface area contributed by atoms with E-state index in [2.05, 4.69) is 25.9 Å². The third kappa shape index (κ3) is 2.73. The lowest BCUT2D eigenvalue weighted by atomic mass is 10.3. The molecule has 0 aliphatic heterocycles. The Balaban J connectivity index is 2.14. The fourth-order valence-corrected chi connectivity index (χ4v) is 2.00. The summed E-state index contributed by atoms with van der Waals surface area (Å²) in [6.07, 6.45) is 0. The average molecular weight is 269 g/mol. The van der Waals surface area contributed by atoms with Crippen LogP contribution in [0.1, 0.15) is 5.82 Å². The van der Waals surface area contributed by atoms with E-state index in [0.29, 0.717) is 18.1 Å². The number of aromatic amines is 1. The van der Waals surface area contributed by atoms with Gasteiger partial charge in [-0.05, 0) is 18.2 Å². The van der Waals surface area contributed by atoms with Crippen LogP contribution in [0.3, 0.4) is 0 Å². The Labute approximate surface area is 103 Å². The van der Waals surface area contributed by atoms with Gasteiger partial charge in [0.15, 0.2) is 5.82 Å². The zero-order valence-electron chi connectivity index (χ0n) is 9.16. The van der Waals surface area contributed by atoms with Gasteiger partial charge in [-0.25, -0.2) is 13.6 Å². The van der Waals surface area contributed by atoms with Crippen molar-refractivity contribution in [2.45, 2.75) is 11.4 Å². The topological polar surface area (TPSA) is 153 Å². The van der Waals surface area contributed by atoms with Crippen molar-refractivity contribution >= 4 is 21.4 Å². The van der Waals surface area contributed by atoms with Crippen LogP contribution < -0.4 is 16.2 Å². The molecular formula is C8H11N7O2S. The fraction of sp³-hybridized carbons (Fsp3) is 0.125. The molecule has 0 amide bonds. The van der Waals surface area contributed by atoms with Gasteiger partial charge in [0.05, 0.1) is 12.2 Å². The molecule has 1 heterocycles. The molecule has 1 aromatic carbocycles. The first kappa shape index (κ1) is 12.3. The molecule has 10 heteroatoms. The average Bonchev–Trinajstić information content (AvgIpc) is 2.77. The van der Waals surface area contributed by atoms with E-state index in [-0.39, 0.29) is 10.6 Å². The lowest BCUT2D eigenvalue weighted by Gasteiger charge is -2.07. The summed E-state index contributed by atoms with van der Waals surface area (Å²) in [4.78, 5) is -0.104.